The van der Waals surface area contributed by atoms with E-state index in [1.165, 1.54) is 12.1 Å². The Kier molecular flexibility index (Phi) is 2.55. The zero-order valence-electron chi connectivity index (χ0n) is 9.03. The van der Waals surface area contributed by atoms with E-state index < -0.39 is 15.7 Å². The zero-order valence-corrected chi connectivity index (χ0v) is 9.85. The number of hydrogen-bond acceptors (Lipinski definition) is 3. The van der Waals surface area contributed by atoms with Crippen LogP contribution in [0.5, 0.6) is 0 Å². The van der Waals surface area contributed by atoms with E-state index in [9.17, 15) is 12.8 Å². The highest BCUT2D eigenvalue weighted by Crippen LogP contribution is 2.49. The first-order valence-corrected chi connectivity index (χ1v) is 6.99. The van der Waals surface area contributed by atoms with E-state index in [0.717, 1.165) is 19.1 Å². The molecule has 16 heavy (non-hydrogen) atoms. The van der Waals surface area contributed by atoms with Crippen molar-refractivity contribution in [1.82, 2.24) is 0 Å². The van der Waals surface area contributed by atoms with Crippen LogP contribution in [0.15, 0.2) is 23.1 Å². The van der Waals surface area contributed by atoms with Crippen LogP contribution in [0, 0.1) is 5.82 Å². The van der Waals surface area contributed by atoms with Crippen molar-refractivity contribution in [2.75, 3.05) is 12.8 Å². The van der Waals surface area contributed by atoms with Crippen molar-refractivity contribution in [2.45, 2.75) is 23.2 Å². The molecule has 1 fully saturated rings. The van der Waals surface area contributed by atoms with Gasteiger partial charge in [0.1, 0.15) is 10.7 Å². The van der Waals surface area contributed by atoms with Crippen molar-refractivity contribution in [3.8, 4) is 0 Å². The summed E-state index contributed by atoms with van der Waals surface area (Å²) in [6.45, 7) is 0.360. The summed E-state index contributed by atoms with van der Waals surface area (Å²) >= 11 is 0. The van der Waals surface area contributed by atoms with Gasteiger partial charge in [0.25, 0.3) is 0 Å². The Morgan fingerprint density at radius 3 is 2.50 bits per heavy atom. The summed E-state index contributed by atoms with van der Waals surface area (Å²) < 4.78 is 36.8. The Morgan fingerprint density at radius 1 is 1.44 bits per heavy atom. The second-order valence-corrected chi connectivity index (χ2v) is 6.33. The molecule has 1 aromatic carbocycles. The highest BCUT2D eigenvalue weighted by Gasteiger charge is 2.46. The maximum absolute atomic E-state index is 13.6. The first kappa shape index (κ1) is 11.5. The average molecular weight is 243 g/mol. The van der Waals surface area contributed by atoms with Crippen LogP contribution in [0.3, 0.4) is 0 Å². The van der Waals surface area contributed by atoms with Gasteiger partial charge in [-0.15, -0.1) is 0 Å². The Bertz CT molecular complexity index is 521. The maximum Gasteiger partial charge on any atom is 0.178 e. The van der Waals surface area contributed by atoms with E-state index in [0.29, 0.717) is 12.1 Å². The highest BCUT2D eigenvalue weighted by molar-refractivity contribution is 7.90. The minimum absolute atomic E-state index is 0.182. The van der Waals surface area contributed by atoms with Gasteiger partial charge >= 0.3 is 0 Å². The van der Waals surface area contributed by atoms with Gasteiger partial charge in [-0.1, -0.05) is 12.1 Å². The molecule has 0 aromatic heterocycles. The van der Waals surface area contributed by atoms with E-state index in [2.05, 4.69) is 0 Å². The summed E-state index contributed by atoms with van der Waals surface area (Å²) in [5.74, 6) is -0.681. The molecule has 1 aromatic rings. The second-order valence-electron chi connectivity index (χ2n) is 4.37. The highest BCUT2D eigenvalue weighted by atomic mass is 32.2. The molecule has 0 spiro atoms. The molecule has 0 saturated heterocycles. The molecule has 88 valence electrons. The number of halogens is 1. The lowest BCUT2D eigenvalue weighted by Gasteiger charge is -2.17. The number of hydrogen-bond donors (Lipinski definition) is 1. The molecule has 2 N–H and O–H groups in total. The molecule has 1 saturated carbocycles. The zero-order chi connectivity index (χ0) is 12.0. The number of benzene rings is 1. The third kappa shape index (κ3) is 1.74. The first-order chi connectivity index (χ1) is 7.41. The number of nitrogens with two attached hydrogens (primary N) is 1. The van der Waals surface area contributed by atoms with E-state index in [4.69, 9.17) is 5.73 Å². The molecule has 5 heteroatoms. The summed E-state index contributed by atoms with van der Waals surface area (Å²) in [6, 6.07) is 4.38. The Hall–Kier alpha value is -0.940. The van der Waals surface area contributed by atoms with Crippen LogP contribution in [0.4, 0.5) is 4.39 Å². The van der Waals surface area contributed by atoms with Gasteiger partial charge in [0, 0.05) is 18.2 Å². The lowest BCUT2D eigenvalue weighted by Crippen LogP contribution is -2.23. The molecule has 1 aliphatic carbocycles. The Labute approximate surface area is 94.4 Å². The summed E-state index contributed by atoms with van der Waals surface area (Å²) in [5, 5.41) is 0. The lowest BCUT2D eigenvalue weighted by molar-refractivity contribution is 0.555. The first-order valence-electron chi connectivity index (χ1n) is 5.10. The molecular formula is C11H14FNO2S. The number of sulfone groups is 1. The molecule has 0 unspecified atom stereocenters. The summed E-state index contributed by atoms with van der Waals surface area (Å²) in [6.07, 6.45) is 2.69. The fourth-order valence-corrected chi connectivity index (χ4v) is 3.14. The molecule has 0 radical (unpaired) electrons. The van der Waals surface area contributed by atoms with E-state index in [-0.39, 0.29) is 10.3 Å². The van der Waals surface area contributed by atoms with Crippen LogP contribution in [-0.4, -0.2) is 21.2 Å². The molecule has 2 rings (SSSR count). The summed E-state index contributed by atoms with van der Waals surface area (Å²) in [4.78, 5) is -0.182. The van der Waals surface area contributed by atoms with Crippen molar-refractivity contribution in [2.24, 2.45) is 5.73 Å². The minimum atomic E-state index is -3.55. The van der Waals surface area contributed by atoms with Crippen LogP contribution in [-0.2, 0) is 15.3 Å². The third-order valence-corrected chi connectivity index (χ3v) is 4.31. The normalized spacial score (nSPS) is 18.4. The van der Waals surface area contributed by atoms with Gasteiger partial charge in [0.15, 0.2) is 9.84 Å². The second kappa shape index (κ2) is 3.53. The fourth-order valence-electron chi connectivity index (χ4n) is 2.04. The summed E-state index contributed by atoms with van der Waals surface area (Å²) in [7, 11) is -3.55. The van der Waals surface area contributed by atoms with Gasteiger partial charge in [-0.25, -0.2) is 12.8 Å². The topological polar surface area (TPSA) is 60.2 Å². The molecule has 1 aliphatic rings. The van der Waals surface area contributed by atoms with Gasteiger partial charge in [0.05, 0.1) is 0 Å². The molecular weight excluding hydrogens is 229 g/mol. The van der Waals surface area contributed by atoms with Crippen molar-refractivity contribution in [1.29, 1.82) is 0 Å². The number of rotatable bonds is 3. The van der Waals surface area contributed by atoms with Gasteiger partial charge in [-0.2, -0.15) is 0 Å². The lowest BCUT2D eigenvalue weighted by atomic mass is 9.96. The smallest absolute Gasteiger partial charge is 0.178 e. The van der Waals surface area contributed by atoms with E-state index >= 15 is 0 Å². The Balaban J connectivity index is 2.67. The largest absolute Gasteiger partial charge is 0.330 e. The van der Waals surface area contributed by atoms with Crippen molar-refractivity contribution in [3.05, 3.63) is 29.6 Å². The van der Waals surface area contributed by atoms with Crippen molar-refractivity contribution in [3.63, 3.8) is 0 Å². The molecule has 0 aliphatic heterocycles. The molecule has 0 amide bonds. The maximum atomic E-state index is 13.6. The SMILES string of the molecule is CS(=O)(=O)c1c(F)cccc1C1(CN)CC1. The van der Waals surface area contributed by atoms with Gasteiger partial charge in [-0.3, -0.25) is 0 Å². The predicted molar refractivity (Wildman–Crippen MR) is 59.5 cm³/mol. The fraction of sp³-hybridized carbons (Fsp3) is 0.455. The predicted octanol–water partition coefficient (Wildman–Crippen LogP) is 1.22. The molecule has 0 bridgehead atoms. The van der Waals surface area contributed by atoms with E-state index in [1.807, 2.05) is 0 Å². The van der Waals surface area contributed by atoms with Crippen LogP contribution in [0.1, 0.15) is 18.4 Å². The Morgan fingerprint density at radius 2 is 2.06 bits per heavy atom. The van der Waals surface area contributed by atoms with Crippen molar-refractivity contribution < 1.29 is 12.8 Å². The van der Waals surface area contributed by atoms with Gasteiger partial charge < -0.3 is 5.73 Å². The quantitative estimate of drug-likeness (QED) is 0.868. The average Bonchev–Trinajstić information content (AvgIpc) is 2.95. The standard InChI is InChI=1S/C11H14FNO2S/c1-16(14,15)10-8(3-2-4-9(10)12)11(7-13)5-6-11/h2-4H,5-7,13H2,1H3. The molecule has 0 heterocycles. The monoisotopic (exact) mass is 243 g/mol. The van der Waals surface area contributed by atoms with Crippen molar-refractivity contribution >= 4 is 9.84 Å². The van der Waals surface area contributed by atoms with Crippen LogP contribution in [0.2, 0.25) is 0 Å². The third-order valence-electron chi connectivity index (χ3n) is 3.15. The summed E-state index contributed by atoms with van der Waals surface area (Å²) in [5.41, 5.74) is 5.87. The van der Waals surface area contributed by atoms with Crippen LogP contribution in [0.25, 0.3) is 0 Å². The van der Waals surface area contributed by atoms with Crippen LogP contribution >= 0.6 is 0 Å². The van der Waals surface area contributed by atoms with E-state index in [1.54, 1.807) is 6.07 Å². The molecule has 0 atom stereocenters. The minimum Gasteiger partial charge on any atom is -0.330 e. The van der Waals surface area contributed by atoms with Gasteiger partial charge in [0.2, 0.25) is 0 Å². The molecule has 3 nitrogen and oxygen atoms in total. The van der Waals surface area contributed by atoms with Crippen LogP contribution < -0.4 is 5.73 Å². The van der Waals surface area contributed by atoms with Gasteiger partial charge in [-0.05, 0) is 24.5 Å².